The highest BCUT2D eigenvalue weighted by atomic mass is 35.5. The van der Waals surface area contributed by atoms with Crippen LogP contribution in [0.4, 0.5) is 0 Å². The van der Waals surface area contributed by atoms with Crippen LogP contribution in [0.1, 0.15) is 37.0 Å². The first-order valence-electron chi connectivity index (χ1n) is 9.05. The first kappa shape index (κ1) is 23.6. The summed E-state index contributed by atoms with van der Waals surface area (Å²) in [6.45, 7) is 7.71. The molecule has 1 atom stereocenters. The molecule has 2 aromatic carbocycles. The van der Waals surface area contributed by atoms with Gasteiger partial charge in [0.25, 0.3) is 0 Å². The van der Waals surface area contributed by atoms with Gasteiger partial charge in [0.2, 0.25) is 0 Å². The summed E-state index contributed by atoms with van der Waals surface area (Å²) < 4.78 is 11.7. The van der Waals surface area contributed by atoms with Crippen molar-refractivity contribution in [3.63, 3.8) is 0 Å². The van der Waals surface area contributed by atoms with Crippen LogP contribution in [0.2, 0.25) is 5.02 Å². The molecule has 0 radical (unpaired) electrons. The lowest BCUT2D eigenvalue weighted by molar-refractivity contribution is 0.238. The van der Waals surface area contributed by atoms with Gasteiger partial charge in [-0.2, -0.15) is 0 Å². The molecule has 0 saturated heterocycles. The van der Waals surface area contributed by atoms with Crippen LogP contribution in [0.5, 0.6) is 11.5 Å². The monoisotopic (exact) mass is 413 g/mol. The van der Waals surface area contributed by atoms with Crippen LogP contribution in [0, 0.1) is 6.92 Å². The molecule has 0 amide bonds. The second-order valence-corrected chi connectivity index (χ2v) is 6.69. The van der Waals surface area contributed by atoms with E-state index >= 15 is 0 Å². The molecule has 150 valence electrons. The third-order valence-corrected chi connectivity index (χ3v) is 4.46. The van der Waals surface area contributed by atoms with Crippen LogP contribution >= 0.6 is 24.0 Å². The van der Waals surface area contributed by atoms with Crippen LogP contribution in [-0.2, 0) is 13.2 Å². The Balaban J connectivity index is 0.00000364. The van der Waals surface area contributed by atoms with Crippen LogP contribution in [-0.4, -0.2) is 24.4 Å². The van der Waals surface area contributed by atoms with E-state index < -0.39 is 0 Å². The highest BCUT2D eigenvalue weighted by Gasteiger charge is 2.14. The smallest absolute Gasteiger partial charge is 0.180 e. The summed E-state index contributed by atoms with van der Waals surface area (Å²) in [5.74, 6) is 1.20. The molecule has 27 heavy (non-hydrogen) atoms. The molecule has 2 rings (SSSR count). The first-order valence-corrected chi connectivity index (χ1v) is 9.42. The van der Waals surface area contributed by atoms with Gasteiger partial charge in [-0.3, -0.25) is 0 Å². The summed E-state index contributed by atoms with van der Waals surface area (Å²) in [6, 6.07) is 12.1. The molecule has 0 aliphatic rings. The van der Waals surface area contributed by atoms with Crippen molar-refractivity contribution in [3.8, 4) is 11.5 Å². The summed E-state index contributed by atoms with van der Waals surface area (Å²) in [5, 5.41) is 13.1. The maximum absolute atomic E-state index is 9.30. The van der Waals surface area contributed by atoms with Crippen LogP contribution in [0.15, 0.2) is 36.4 Å². The number of nitrogens with one attached hydrogen (secondary N) is 1. The Labute approximate surface area is 173 Å². The lowest BCUT2D eigenvalue weighted by Gasteiger charge is -2.17. The summed E-state index contributed by atoms with van der Waals surface area (Å²) >= 11 is 6.46. The fourth-order valence-electron chi connectivity index (χ4n) is 2.57. The predicted octanol–water partition coefficient (Wildman–Crippen LogP) is 4.91. The molecule has 2 aromatic rings. The third kappa shape index (κ3) is 7.23. The Hall–Kier alpha value is -1.46. The fourth-order valence-corrected chi connectivity index (χ4v) is 2.85. The zero-order valence-electron chi connectivity index (χ0n) is 16.1. The van der Waals surface area contributed by atoms with Crippen LogP contribution in [0.3, 0.4) is 0 Å². The maximum Gasteiger partial charge on any atom is 0.180 e. The van der Waals surface area contributed by atoms with E-state index in [1.807, 2.05) is 38.1 Å². The number of benzene rings is 2. The molecule has 2 N–H and O–H groups in total. The van der Waals surface area contributed by atoms with Gasteiger partial charge < -0.3 is 19.9 Å². The largest absolute Gasteiger partial charge is 0.490 e. The summed E-state index contributed by atoms with van der Waals surface area (Å²) in [4.78, 5) is 0. The van der Waals surface area contributed by atoms with Gasteiger partial charge in [-0.15, -0.1) is 12.4 Å². The van der Waals surface area contributed by atoms with Crippen molar-refractivity contribution in [2.45, 2.75) is 46.4 Å². The number of aliphatic hydroxyl groups excluding tert-OH is 1. The van der Waals surface area contributed by atoms with Crippen LogP contribution < -0.4 is 14.8 Å². The fraction of sp³-hybridized carbons (Fsp3) is 0.429. The summed E-state index contributed by atoms with van der Waals surface area (Å²) in [7, 11) is 0. The third-order valence-electron chi connectivity index (χ3n) is 4.18. The molecule has 0 aromatic heterocycles. The Morgan fingerprint density at radius 3 is 2.37 bits per heavy atom. The molecule has 0 saturated carbocycles. The van der Waals surface area contributed by atoms with E-state index in [2.05, 4.69) is 24.4 Å². The van der Waals surface area contributed by atoms with Gasteiger partial charge in [0.05, 0.1) is 18.2 Å². The molecule has 0 heterocycles. The van der Waals surface area contributed by atoms with Crippen molar-refractivity contribution in [1.82, 2.24) is 5.32 Å². The molecular formula is C21H29Cl2NO3. The van der Waals surface area contributed by atoms with E-state index in [1.165, 1.54) is 5.56 Å². The van der Waals surface area contributed by atoms with E-state index in [0.29, 0.717) is 36.3 Å². The minimum atomic E-state index is 0. The van der Waals surface area contributed by atoms with Crippen molar-refractivity contribution in [1.29, 1.82) is 0 Å². The molecular weight excluding hydrogens is 385 g/mol. The topological polar surface area (TPSA) is 50.7 Å². The van der Waals surface area contributed by atoms with Gasteiger partial charge in [-0.25, -0.2) is 0 Å². The van der Waals surface area contributed by atoms with Crippen molar-refractivity contribution in [3.05, 3.63) is 58.1 Å². The van der Waals surface area contributed by atoms with E-state index in [0.717, 1.165) is 17.5 Å². The zero-order valence-corrected chi connectivity index (χ0v) is 17.7. The van der Waals surface area contributed by atoms with Gasteiger partial charge in [0, 0.05) is 12.6 Å². The van der Waals surface area contributed by atoms with Gasteiger partial charge >= 0.3 is 0 Å². The van der Waals surface area contributed by atoms with Crippen molar-refractivity contribution in [2.24, 2.45) is 0 Å². The van der Waals surface area contributed by atoms with Crippen molar-refractivity contribution >= 4 is 24.0 Å². The number of ether oxygens (including phenoxy) is 2. The average molecular weight is 414 g/mol. The minimum Gasteiger partial charge on any atom is -0.490 e. The van der Waals surface area contributed by atoms with Crippen molar-refractivity contribution in [2.75, 3.05) is 13.2 Å². The van der Waals surface area contributed by atoms with E-state index in [1.54, 1.807) is 0 Å². The SMILES string of the molecule is CCOc1cc(CNC(CC)CO)cc(Cl)c1OCc1ccc(C)cc1.Cl. The second-order valence-electron chi connectivity index (χ2n) is 6.28. The summed E-state index contributed by atoms with van der Waals surface area (Å²) in [6.07, 6.45) is 0.861. The first-order chi connectivity index (χ1) is 12.6. The van der Waals surface area contributed by atoms with Crippen molar-refractivity contribution < 1.29 is 14.6 Å². The maximum atomic E-state index is 9.30. The highest BCUT2D eigenvalue weighted by molar-refractivity contribution is 6.32. The van der Waals surface area contributed by atoms with E-state index in [-0.39, 0.29) is 25.1 Å². The predicted molar refractivity (Wildman–Crippen MR) is 113 cm³/mol. The van der Waals surface area contributed by atoms with Gasteiger partial charge in [0.1, 0.15) is 6.61 Å². The lowest BCUT2D eigenvalue weighted by atomic mass is 10.1. The van der Waals surface area contributed by atoms with Gasteiger partial charge in [0.15, 0.2) is 11.5 Å². The minimum absolute atomic E-state index is 0. The molecule has 0 spiro atoms. The number of aryl methyl sites for hydroxylation is 1. The molecule has 4 nitrogen and oxygen atoms in total. The molecule has 6 heteroatoms. The van der Waals surface area contributed by atoms with E-state index in [4.69, 9.17) is 21.1 Å². The Morgan fingerprint density at radius 1 is 1.07 bits per heavy atom. The molecule has 0 fully saturated rings. The average Bonchev–Trinajstić information content (AvgIpc) is 2.63. The normalized spacial score (nSPS) is 11.6. The molecule has 0 bridgehead atoms. The number of halogens is 2. The lowest BCUT2D eigenvalue weighted by Crippen LogP contribution is -2.31. The highest BCUT2D eigenvalue weighted by Crippen LogP contribution is 2.37. The Bertz CT molecular complexity index is 689. The van der Waals surface area contributed by atoms with Gasteiger partial charge in [-0.1, -0.05) is 48.4 Å². The quantitative estimate of drug-likeness (QED) is 0.580. The Morgan fingerprint density at radius 2 is 1.78 bits per heavy atom. The van der Waals surface area contributed by atoms with Gasteiger partial charge in [-0.05, 0) is 43.5 Å². The number of rotatable bonds is 10. The molecule has 1 unspecified atom stereocenters. The van der Waals surface area contributed by atoms with E-state index in [9.17, 15) is 5.11 Å². The standard InChI is InChI=1S/C21H28ClNO3.ClH/c1-4-18(13-24)23-12-17-10-19(22)21(20(11-17)25-5-2)26-14-16-8-6-15(3)7-9-16;/h6-11,18,23-24H,4-5,12-14H2,1-3H3;1H. The van der Waals surface area contributed by atoms with Crippen LogP contribution in [0.25, 0.3) is 0 Å². The number of hydrogen-bond donors (Lipinski definition) is 2. The number of hydrogen-bond acceptors (Lipinski definition) is 4. The number of aliphatic hydroxyl groups is 1. The molecule has 0 aliphatic heterocycles. The molecule has 0 aliphatic carbocycles. The zero-order chi connectivity index (χ0) is 18.9. The second kappa shape index (κ2) is 12.1. The summed E-state index contributed by atoms with van der Waals surface area (Å²) in [5.41, 5.74) is 3.29. The Kier molecular flexibility index (Phi) is 10.6.